The maximum absolute atomic E-state index is 13.1. The highest BCUT2D eigenvalue weighted by Crippen LogP contribution is 2.32. The van der Waals surface area contributed by atoms with Crippen LogP contribution in [-0.2, 0) is 4.79 Å². The molecule has 3 rings (SSSR count). The molecular formula is C20H23BrN2O2S. The van der Waals surface area contributed by atoms with Crippen molar-refractivity contribution in [3.8, 4) is 5.75 Å². The van der Waals surface area contributed by atoms with Gasteiger partial charge >= 0.3 is 0 Å². The van der Waals surface area contributed by atoms with Crippen molar-refractivity contribution in [3.05, 3.63) is 46.6 Å². The zero-order valence-electron chi connectivity index (χ0n) is 14.9. The SMILES string of the molecule is C=CCOc1ccc(Br)cc1C=C1C(=O)N(C2CCCCC2)C(=S)N1C. The van der Waals surface area contributed by atoms with Crippen molar-refractivity contribution in [2.24, 2.45) is 0 Å². The normalized spacial score (nSPS) is 20.2. The average molecular weight is 435 g/mol. The third-order valence-corrected chi connectivity index (χ3v) is 5.82. The molecule has 0 bridgehead atoms. The van der Waals surface area contributed by atoms with Gasteiger partial charge in [-0.1, -0.05) is 47.8 Å². The second kappa shape index (κ2) is 8.35. The molecule has 1 aromatic carbocycles. The number of ether oxygens (including phenoxy) is 1. The van der Waals surface area contributed by atoms with E-state index in [2.05, 4.69) is 22.5 Å². The van der Waals surface area contributed by atoms with Gasteiger partial charge in [0.05, 0.1) is 0 Å². The van der Waals surface area contributed by atoms with E-state index in [1.165, 1.54) is 6.42 Å². The van der Waals surface area contributed by atoms with Crippen LogP contribution in [0.3, 0.4) is 0 Å². The summed E-state index contributed by atoms with van der Waals surface area (Å²) in [6, 6.07) is 5.96. The van der Waals surface area contributed by atoms with E-state index in [9.17, 15) is 4.79 Å². The maximum Gasteiger partial charge on any atom is 0.277 e. The number of halogens is 1. The molecule has 1 aliphatic carbocycles. The van der Waals surface area contributed by atoms with Crippen molar-refractivity contribution >= 4 is 45.2 Å². The largest absolute Gasteiger partial charge is 0.489 e. The minimum absolute atomic E-state index is 0.0148. The van der Waals surface area contributed by atoms with Crippen LogP contribution in [0, 0.1) is 0 Å². The molecule has 0 atom stereocenters. The molecule has 0 N–H and O–H groups in total. The van der Waals surface area contributed by atoms with Crippen molar-refractivity contribution in [1.82, 2.24) is 9.80 Å². The smallest absolute Gasteiger partial charge is 0.277 e. The van der Waals surface area contributed by atoms with Gasteiger partial charge in [-0.05, 0) is 49.3 Å². The van der Waals surface area contributed by atoms with Crippen LogP contribution in [0.2, 0.25) is 0 Å². The summed E-state index contributed by atoms with van der Waals surface area (Å²) >= 11 is 9.07. The summed E-state index contributed by atoms with van der Waals surface area (Å²) in [4.78, 5) is 16.7. The second-order valence-corrected chi connectivity index (χ2v) is 7.90. The first-order chi connectivity index (χ1) is 12.5. The molecule has 138 valence electrons. The van der Waals surface area contributed by atoms with E-state index >= 15 is 0 Å². The number of rotatable bonds is 5. The van der Waals surface area contributed by atoms with Crippen molar-refractivity contribution in [2.45, 2.75) is 38.1 Å². The first kappa shape index (κ1) is 19.1. The maximum atomic E-state index is 13.1. The minimum atomic E-state index is -0.0148. The fourth-order valence-electron chi connectivity index (χ4n) is 3.50. The summed E-state index contributed by atoms with van der Waals surface area (Å²) in [5.74, 6) is 0.697. The molecule has 1 saturated carbocycles. The number of carbonyl (C=O) groups is 1. The van der Waals surface area contributed by atoms with Crippen LogP contribution in [0.15, 0.2) is 41.0 Å². The van der Waals surface area contributed by atoms with Gasteiger partial charge in [0.1, 0.15) is 18.1 Å². The predicted octanol–water partition coefficient (Wildman–Crippen LogP) is 4.75. The predicted molar refractivity (Wildman–Crippen MR) is 112 cm³/mol. The number of likely N-dealkylation sites (N-methyl/N-ethyl adjacent to an activating group) is 1. The third kappa shape index (κ3) is 3.86. The molecule has 1 aromatic rings. The van der Waals surface area contributed by atoms with Gasteiger partial charge in [-0.2, -0.15) is 0 Å². The molecule has 1 amide bonds. The van der Waals surface area contributed by atoms with E-state index < -0.39 is 0 Å². The number of benzene rings is 1. The van der Waals surface area contributed by atoms with Crippen molar-refractivity contribution in [2.75, 3.05) is 13.7 Å². The van der Waals surface area contributed by atoms with E-state index in [4.69, 9.17) is 17.0 Å². The van der Waals surface area contributed by atoms with E-state index in [1.807, 2.05) is 41.1 Å². The number of amides is 1. The highest BCUT2D eigenvalue weighted by molar-refractivity contribution is 9.10. The number of thiocarbonyl (C=S) groups is 1. The first-order valence-corrected chi connectivity index (χ1v) is 10.1. The van der Waals surface area contributed by atoms with Gasteiger partial charge in [0.2, 0.25) is 0 Å². The lowest BCUT2D eigenvalue weighted by atomic mass is 9.94. The van der Waals surface area contributed by atoms with E-state index in [1.54, 1.807) is 6.08 Å². The molecule has 0 spiro atoms. The molecule has 6 heteroatoms. The zero-order chi connectivity index (χ0) is 18.7. The summed E-state index contributed by atoms with van der Waals surface area (Å²) in [7, 11) is 1.86. The summed E-state index contributed by atoms with van der Waals surface area (Å²) in [6.07, 6.45) is 9.17. The highest BCUT2D eigenvalue weighted by atomic mass is 79.9. The van der Waals surface area contributed by atoms with Gasteiger partial charge < -0.3 is 9.64 Å². The lowest BCUT2D eigenvalue weighted by Crippen LogP contribution is -2.41. The van der Waals surface area contributed by atoms with E-state index in [0.29, 0.717) is 23.2 Å². The molecule has 26 heavy (non-hydrogen) atoms. The first-order valence-electron chi connectivity index (χ1n) is 8.89. The second-order valence-electron chi connectivity index (χ2n) is 6.62. The Morgan fingerprint density at radius 1 is 1.35 bits per heavy atom. The van der Waals surface area contributed by atoms with Crippen LogP contribution >= 0.6 is 28.1 Å². The Hall–Kier alpha value is -1.66. The van der Waals surface area contributed by atoms with Crippen molar-refractivity contribution in [1.29, 1.82) is 0 Å². The quantitative estimate of drug-likeness (QED) is 0.380. The Bertz CT molecular complexity index is 756. The molecule has 4 nitrogen and oxygen atoms in total. The lowest BCUT2D eigenvalue weighted by Gasteiger charge is -2.30. The Morgan fingerprint density at radius 2 is 2.08 bits per heavy atom. The topological polar surface area (TPSA) is 32.8 Å². The van der Waals surface area contributed by atoms with Gasteiger partial charge in [-0.3, -0.25) is 9.69 Å². The van der Waals surface area contributed by atoms with Gasteiger partial charge in [0, 0.05) is 23.1 Å². The van der Waals surface area contributed by atoms with E-state index in [0.717, 1.165) is 35.7 Å². The van der Waals surface area contributed by atoms with Crippen LogP contribution in [0.25, 0.3) is 6.08 Å². The van der Waals surface area contributed by atoms with E-state index in [-0.39, 0.29) is 11.9 Å². The molecule has 0 radical (unpaired) electrons. The zero-order valence-corrected chi connectivity index (χ0v) is 17.3. The summed E-state index contributed by atoms with van der Waals surface area (Å²) in [6.45, 7) is 4.10. The van der Waals surface area contributed by atoms with Crippen LogP contribution in [0.1, 0.15) is 37.7 Å². The van der Waals surface area contributed by atoms with Gasteiger partial charge in [-0.25, -0.2) is 0 Å². The fraction of sp³-hybridized carbons (Fsp3) is 0.400. The molecule has 0 unspecified atom stereocenters. The van der Waals surface area contributed by atoms with Crippen molar-refractivity contribution < 1.29 is 9.53 Å². The number of hydrogen-bond acceptors (Lipinski definition) is 3. The Kier molecular flexibility index (Phi) is 6.14. The minimum Gasteiger partial charge on any atom is -0.489 e. The molecule has 2 fully saturated rings. The van der Waals surface area contributed by atoms with Crippen LogP contribution in [0.5, 0.6) is 5.75 Å². The lowest BCUT2D eigenvalue weighted by molar-refractivity contribution is -0.124. The summed E-state index contributed by atoms with van der Waals surface area (Å²) in [5.41, 5.74) is 1.42. The Balaban J connectivity index is 1.93. The molecule has 2 aliphatic rings. The monoisotopic (exact) mass is 434 g/mol. The fourth-order valence-corrected chi connectivity index (χ4v) is 4.21. The molecular weight excluding hydrogens is 412 g/mol. The van der Waals surface area contributed by atoms with Crippen LogP contribution in [0.4, 0.5) is 0 Å². The highest BCUT2D eigenvalue weighted by Gasteiger charge is 2.40. The average Bonchev–Trinajstić information content (AvgIpc) is 2.85. The molecule has 1 saturated heterocycles. The Labute approximate surface area is 168 Å². The van der Waals surface area contributed by atoms with Crippen LogP contribution < -0.4 is 4.74 Å². The van der Waals surface area contributed by atoms with Gasteiger partial charge in [0.25, 0.3) is 5.91 Å². The molecule has 1 heterocycles. The molecule has 1 aliphatic heterocycles. The Morgan fingerprint density at radius 3 is 2.77 bits per heavy atom. The number of carbonyl (C=O) groups excluding carboxylic acids is 1. The standard InChI is InChI=1S/C20H23BrN2O2S/c1-3-11-25-18-10-9-15(21)12-14(18)13-17-19(24)23(20(26)22(17)2)16-7-5-4-6-8-16/h3,9-10,12-13,16H,1,4-8,11H2,2H3. The number of hydrogen-bond donors (Lipinski definition) is 0. The summed E-state index contributed by atoms with van der Waals surface area (Å²) < 4.78 is 6.66. The third-order valence-electron chi connectivity index (χ3n) is 4.85. The van der Waals surface area contributed by atoms with Gasteiger partial charge in [-0.15, -0.1) is 0 Å². The number of nitrogens with zero attached hydrogens (tertiary/aromatic N) is 2. The molecule has 0 aromatic heterocycles. The van der Waals surface area contributed by atoms with Gasteiger partial charge in [0.15, 0.2) is 5.11 Å². The summed E-state index contributed by atoms with van der Waals surface area (Å²) in [5, 5.41) is 0.594. The van der Waals surface area contributed by atoms with Crippen LogP contribution in [-0.4, -0.2) is 40.5 Å². The van der Waals surface area contributed by atoms with Crippen molar-refractivity contribution in [3.63, 3.8) is 0 Å².